The smallest absolute Gasteiger partial charge is 0.0950 e. The van der Waals surface area contributed by atoms with E-state index in [2.05, 4.69) is 26.1 Å². The van der Waals surface area contributed by atoms with Crippen LogP contribution in [0.25, 0.3) is 0 Å². The highest BCUT2D eigenvalue weighted by atomic mass is 16.5. The summed E-state index contributed by atoms with van der Waals surface area (Å²) in [7, 11) is 1.74. The van der Waals surface area contributed by atoms with Gasteiger partial charge >= 0.3 is 0 Å². The highest BCUT2D eigenvalue weighted by Gasteiger charge is 2.16. The maximum absolute atomic E-state index is 5.20. The maximum Gasteiger partial charge on any atom is 0.0950 e. The molecule has 3 heteroatoms. The average molecular weight is 211 g/mol. The van der Waals surface area contributed by atoms with Gasteiger partial charge < -0.3 is 14.5 Å². The van der Waals surface area contributed by atoms with Crippen LogP contribution in [0.1, 0.15) is 32.4 Å². The minimum atomic E-state index is 0.297. The van der Waals surface area contributed by atoms with E-state index >= 15 is 0 Å². The van der Waals surface area contributed by atoms with Gasteiger partial charge in [0.05, 0.1) is 19.1 Å². The lowest BCUT2D eigenvalue weighted by molar-refractivity contribution is 0.141. The number of nitrogens with one attached hydrogen (secondary N) is 1. The molecule has 0 aromatic carbocycles. The Morgan fingerprint density at radius 1 is 1.40 bits per heavy atom. The Bertz CT molecular complexity index is 257. The van der Waals surface area contributed by atoms with Gasteiger partial charge in [-0.05, 0) is 18.9 Å². The van der Waals surface area contributed by atoms with Crippen LogP contribution in [-0.4, -0.2) is 19.8 Å². The molecule has 1 aromatic rings. The van der Waals surface area contributed by atoms with Gasteiger partial charge in [-0.3, -0.25) is 0 Å². The van der Waals surface area contributed by atoms with E-state index < -0.39 is 0 Å². The Labute approximate surface area is 91.8 Å². The molecule has 2 atom stereocenters. The molecule has 2 unspecified atom stereocenters. The Kier molecular flexibility index (Phi) is 4.85. The third-order valence-corrected chi connectivity index (χ3v) is 2.66. The molecule has 0 spiro atoms. The quantitative estimate of drug-likeness (QED) is 0.785. The first-order valence-corrected chi connectivity index (χ1v) is 5.42. The summed E-state index contributed by atoms with van der Waals surface area (Å²) >= 11 is 0. The van der Waals surface area contributed by atoms with Crippen LogP contribution in [0, 0.1) is 5.92 Å². The van der Waals surface area contributed by atoms with Crippen molar-refractivity contribution in [3.63, 3.8) is 0 Å². The highest BCUT2D eigenvalue weighted by Crippen LogP contribution is 2.15. The second-order valence-electron chi connectivity index (χ2n) is 4.25. The van der Waals surface area contributed by atoms with Gasteiger partial charge in [-0.1, -0.05) is 13.8 Å². The van der Waals surface area contributed by atoms with E-state index in [0.29, 0.717) is 18.0 Å². The molecule has 0 amide bonds. The van der Waals surface area contributed by atoms with Crippen molar-refractivity contribution < 1.29 is 9.15 Å². The van der Waals surface area contributed by atoms with Crippen LogP contribution >= 0.6 is 0 Å². The summed E-state index contributed by atoms with van der Waals surface area (Å²) < 4.78 is 10.3. The number of methoxy groups -OCH3 is 1. The first kappa shape index (κ1) is 12.3. The molecule has 0 fully saturated rings. The van der Waals surface area contributed by atoms with Crippen LogP contribution in [-0.2, 0) is 4.74 Å². The first-order chi connectivity index (χ1) is 7.15. The van der Waals surface area contributed by atoms with Crippen molar-refractivity contribution in [2.45, 2.75) is 32.9 Å². The van der Waals surface area contributed by atoms with Crippen LogP contribution in [0.4, 0.5) is 0 Å². The van der Waals surface area contributed by atoms with Crippen molar-refractivity contribution in [1.82, 2.24) is 5.32 Å². The fourth-order valence-corrected chi connectivity index (χ4v) is 1.55. The molecule has 0 saturated carbocycles. The molecule has 0 radical (unpaired) electrons. The Morgan fingerprint density at radius 3 is 2.60 bits per heavy atom. The van der Waals surface area contributed by atoms with Gasteiger partial charge in [-0.25, -0.2) is 0 Å². The lowest BCUT2D eigenvalue weighted by Gasteiger charge is -2.25. The lowest BCUT2D eigenvalue weighted by Crippen LogP contribution is -2.39. The SMILES string of the molecule is COCC(NC(C)c1ccoc1)C(C)C. The van der Waals surface area contributed by atoms with Gasteiger partial charge in [-0.15, -0.1) is 0 Å². The van der Waals surface area contributed by atoms with Crippen LogP contribution in [0.2, 0.25) is 0 Å². The molecular weight excluding hydrogens is 190 g/mol. The zero-order valence-corrected chi connectivity index (χ0v) is 9.99. The predicted octanol–water partition coefficient (Wildman–Crippen LogP) is 2.60. The molecule has 86 valence electrons. The summed E-state index contributed by atoms with van der Waals surface area (Å²) in [6, 6.07) is 2.66. The largest absolute Gasteiger partial charge is 0.472 e. The standard InChI is InChI=1S/C12H21NO2/c1-9(2)12(8-14-4)13-10(3)11-5-6-15-7-11/h5-7,9-10,12-13H,8H2,1-4H3. The van der Waals surface area contributed by atoms with E-state index in [1.165, 1.54) is 5.56 Å². The van der Waals surface area contributed by atoms with E-state index in [0.717, 1.165) is 6.61 Å². The molecule has 15 heavy (non-hydrogen) atoms. The minimum absolute atomic E-state index is 0.297. The van der Waals surface area contributed by atoms with E-state index in [9.17, 15) is 0 Å². The van der Waals surface area contributed by atoms with Gasteiger partial charge in [0, 0.05) is 24.8 Å². The third kappa shape index (κ3) is 3.68. The van der Waals surface area contributed by atoms with Crippen molar-refractivity contribution in [3.8, 4) is 0 Å². The molecule has 0 bridgehead atoms. The number of rotatable bonds is 6. The van der Waals surface area contributed by atoms with Crippen molar-refractivity contribution in [2.24, 2.45) is 5.92 Å². The number of ether oxygens (including phenoxy) is 1. The molecule has 0 aliphatic rings. The summed E-state index contributed by atoms with van der Waals surface area (Å²) in [5.74, 6) is 0.555. The van der Waals surface area contributed by atoms with Gasteiger partial charge in [0.2, 0.25) is 0 Å². The topological polar surface area (TPSA) is 34.4 Å². The van der Waals surface area contributed by atoms with Gasteiger partial charge in [0.25, 0.3) is 0 Å². The van der Waals surface area contributed by atoms with Crippen LogP contribution in [0.3, 0.4) is 0 Å². The number of furan rings is 1. The molecule has 1 heterocycles. The zero-order chi connectivity index (χ0) is 11.3. The molecule has 3 nitrogen and oxygen atoms in total. The van der Waals surface area contributed by atoms with Crippen molar-refractivity contribution in [3.05, 3.63) is 24.2 Å². The Balaban J connectivity index is 2.50. The summed E-state index contributed by atoms with van der Waals surface area (Å²) in [6.07, 6.45) is 3.48. The van der Waals surface area contributed by atoms with E-state index in [1.807, 2.05) is 6.07 Å². The third-order valence-electron chi connectivity index (χ3n) is 2.66. The fraction of sp³-hybridized carbons (Fsp3) is 0.667. The van der Waals surface area contributed by atoms with Crippen LogP contribution in [0.15, 0.2) is 23.0 Å². The summed E-state index contributed by atoms with van der Waals surface area (Å²) in [4.78, 5) is 0. The zero-order valence-electron chi connectivity index (χ0n) is 9.99. The van der Waals surface area contributed by atoms with Gasteiger partial charge in [-0.2, -0.15) is 0 Å². The number of hydrogen-bond donors (Lipinski definition) is 1. The fourth-order valence-electron chi connectivity index (χ4n) is 1.55. The predicted molar refractivity (Wildman–Crippen MR) is 60.8 cm³/mol. The highest BCUT2D eigenvalue weighted by molar-refractivity contribution is 5.10. The van der Waals surface area contributed by atoms with Crippen molar-refractivity contribution >= 4 is 0 Å². The van der Waals surface area contributed by atoms with E-state index in [4.69, 9.17) is 9.15 Å². The normalized spacial score (nSPS) is 15.5. The second kappa shape index (κ2) is 5.93. The number of hydrogen-bond acceptors (Lipinski definition) is 3. The molecule has 0 aliphatic heterocycles. The monoisotopic (exact) mass is 211 g/mol. The van der Waals surface area contributed by atoms with Crippen LogP contribution < -0.4 is 5.32 Å². The molecule has 0 aliphatic carbocycles. The van der Waals surface area contributed by atoms with Crippen LogP contribution in [0.5, 0.6) is 0 Å². The summed E-state index contributed by atoms with van der Waals surface area (Å²) in [5, 5.41) is 3.53. The molecule has 1 rings (SSSR count). The summed E-state index contributed by atoms with van der Waals surface area (Å²) in [6.45, 7) is 7.26. The summed E-state index contributed by atoms with van der Waals surface area (Å²) in [5.41, 5.74) is 1.18. The van der Waals surface area contributed by atoms with Crippen molar-refractivity contribution in [2.75, 3.05) is 13.7 Å². The van der Waals surface area contributed by atoms with E-state index in [-0.39, 0.29) is 0 Å². The Hall–Kier alpha value is -0.800. The van der Waals surface area contributed by atoms with Gasteiger partial charge in [0.15, 0.2) is 0 Å². The van der Waals surface area contributed by atoms with E-state index in [1.54, 1.807) is 19.6 Å². The molecular formula is C12H21NO2. The maximum atomic E-state index is 5.20. The molecule has 1 aromatic heterocycles. The average Bonchev–Trinajstić information content (AvgIpc) is 2.69. The Morgan fingerprint density at radius 2 is 2.13 bits per heavy atom. The van der Waals surface area contributed by atoms with Crippen molar-refractivity contribution in [1.29, 1.82) is 0 Å². The minimum Gasteiger partial charge on any atom is -0.472 e. The first-order valence-electron chi connectivity index (χ1n) is 5.42. The molecule has 1 N–H and O–H groups in total. The lowest BCUT2D eigenvalue weighted by atomic mass is 10.0. The second-order valence-corrected chi connectivity index (χ2v) is 4.25. The van der Waals surface area contributed by atoms with Gasteiger partial charge in [0.1, 0.15) is 0 Å². The molecule has 0 saturated heterocycles.